The summed E-state index contributed by atoms with van der Waals surface area (Å²) in [6.45, 7) is 8.38. The molecule has 2 rings (SSSR count). The molecule has 16 heteroatoms. The van der Waals surface area contributed by atoms with Crippen molar-refractivity contribution in [2.24, 2.45) is 0 Å². The Hall–Kier alpha value is -2.13. The number of alkyl halides is 4. The van der Waals surface area contributed by atoms with E-state index in [1.165, 1.54) is 18.2 Å². The highest BCUT2D eigenvalue weighted by atomic mass is 127. The van der Waals surface area contributed by atoms with Gasteiger partial charge in [0.25, 0.3) is 0 Å². The number of halogens is 4. The molecule has 50 heavy (non-hydrogen) atoms. The molecule has 0 aliphatic heterocycles. The smallest absolute Gasteiger partial charge is 0.416 e. The SMILES string of the molecule is O=C(OCCOCCOCCOCCOCCOCCOCCOCCOCCOCCI)c1ccccc1Nc1cccc(C(F)(F)F)c1. The Morgan fingerprint density at radius 3 is 1.36 bits per heavy atom. The van der Waals surface area contributed by atoms with Crippen molar-refractivity contribution in [2.45, 2.75) is 6.18 Å². The molecule has 2 aromatic carbocycles. The number of nitrogens with one attached hydrogen (secondary N) is 1. The number of anilines is 2. The molecule has 0 unspecified atom stereocenters. The first-order chi connectivity index (χ1) is 24.4. The Labute approximate surface area is 305 Å². The molecule has 0 aliphatic carbocycles. The van der Waals surface area contributed by atoms with Gasteiger partial charge in [0.05, 0.1) is 136 Å². The van der Waals surface area contributed by atoms with E-state index < -0.39 is 17.7 Å². The maximum atomic E-state index is 13.0. The van der Waals surface area contributed by atoms with Gasteiger partial charge in [0.15, 0.2) is 0 Å². The van der Waals surface area contributed by atoms with E-state index in [0.29, 0.717) is 111 Å². The molecule has 0 radical (unpaired) electrons. The Bertz CT molecular complexity index is 1130. The second-order valence-electron chi connectivity index (χ2n) is 10.1. The molecule has 0 atom stereocenters. The van der Waals surface area contributed by atoms with Crippen molar-refractivity contribution in [3.63, 3.8) is 0 Å². The van der Waals surface area contributed by atoms with Gasteiger partial charge in [0.2, 0.25) is 0 Å². The third-order valence-corrected chi connectivity index (χ3v) is 6.71. The van der Waals surface area contributed by atoms with Crippen molar-refractivity contribution in [1.29, 1.82) is 0 Å². The zero-order valence-electron chi connectivity index (χ0n) is 28.3. The summed E-state index contributed by atoms with van der Waals surface area (Å²) in [6.07, 6.45) is -4.48. The highest BCUT2D eigenvalue weighted by molar-refractivity contribution is 14.1. The lowest BCUT2D eigenvalue weighted by Crippen LogP contribution is -2.16. The molecular formula is C34H49F3INO11. The number of carbonyl (C=O) groups excluding carboxylic acids is 1. The second kappa shape index (κ2) is 29.4. The summed E-state index contributed by atoms with van der Waals surface area (Å²) >= 11 is 2.26. The summed E-state index contributed by atoms with van der Waals surface area (Å²) in [5.74, 6) is -0.627. The first-order valence-electron chi connectivity index (χ1n) is 16.4. The van der Waals surface area contributed by atoms with Gasteiger partial charge in [-0.2, -0.15) is 13.2 Å². The summed E-state index contributed by atoms with van der Waals surface area (Å²) in [4.78, 5) is 12.6. The summed E-state index contributed by atoms with van der Waals surface area (Å²) in [7, 11) is 0. The highest BCUT2D eigenvalue weighted by Crippen LogP contribution is 2.32. The van der Waals surface area contributed by atoms with Crippen LogP contribution in [0.25, 0.3) is 0 Å². The van der Waals surface area contributed by atoms with E-state index in [2.05, 4.69) is 27.9 Å². The Kier molecular flexibility index (Phi) is 25.9. The summed E-state index contributed by atoms with van der Waals surface area (Å²) in [5.41, 5.74) is -0.0841. The summed E-state index contributed by atoms with van der Waals surface area (Å²) in [6, 6.07) is 11.1. The molecule has 1 N–H and O–H groups in total. The van der Waals surface area contributed by atoms with Gasteiger partial charge in [0, 0.05) is 10.1 Å². The van der Waals surface area contributed by atoms with Crippen molar-refractivity contribution in [3.8, 4) is 0 Å². The van der Waals surface area contributed by atoms with Crippen molar-refractivity contribution in [1.82, 2.24) is 0 Å². The van der Waals surface area contributed by atoms with Crippen LogP contribution >= 0.6 is 22.6 Å². The van der Waals surface area contributed by atoms with Crippen LogP contribution in [0.3, 0.4) is 0 Å². The zero-order chi connectivity index (χ0) is 36.0. The molecule has 0 saturated carbocycles. The second-order valence-corrected chi connectivity index (χ2v) is 11.2. The average molecular weight is 832 g/mol. The van der Waals surface area contributed by atoms with Gasteiger partial charge in [-0.15, -0.1) is 0 Å². The number of benzene rings is 2. The van der Waals surface area contributed by atoms with Crippen LogP contribution in [0.1, 0.15) is 15.9 Å². The maximum absolute atomic E-state index is 13.0. The third kappa shape index (κ3) is 22.6. The fraction of sp³-hybridized carbons (Fsp3) is 0.618. The quantitative estimate of drug-likeness (QED) is 0.0453. The molecule has 2 aromatic rings. The number of esters is 1. The van der Waals surface area contributed by atoms with E-state index >= 15 is 0 Å². The third-order valence-electron chi connectivity index (χ3n) is 6.27. The Balaban J connectivity index is 1.33. The van der Waals surface area contributed by atoms with Crippen LogP contribution in [0.2, 0.25) is 0 Å². The van der Waals surface area contributed by atoms with Gasteiger partial charge in [-0.05, 0) is 30.3 Å². The van der Waals surface area contributed by atoms with Crippen LogP contribution in [0.5, 0.6) is 0 Å². The molecule has 0 bridgehead atoms. The summed E-state index contributed by atoms with van der Waals surface area (Å²) in [5, 5.41) is 2.86. The van der Waals surface area contributed by atoms with Gasteiger partial charge >= 0.3 is 12.1 Å². The molecule has 12 nitrogen and oxygen atoms in total. The molecule has 284 valence electrons. The van der Waals surface area contributed by atoms with Crippen LogP contribution in [0.15, 0.2) is 48.5 Å². The van der Waals surface area contributed by atoms with Gasteiger partial charge < -0.3 is 52.7 Å². The number of rotatable bonds is 32. The number of carbonyl (C=O) groups is 1. The largest absolute Gasteiger partial charge is 0.460 e. The van der Waals surface area contributed by atoms with Crippen LogP contribution in [0, 0.1) is 0 Å². The minimum Gasteiger partial charge on any atom is -0.460 e. The van der Waals surface area contributed by atoms with Crippen LogP contribution in [0.4, 0.5) is 24.5 Å². The molecule has 0 aliphatic rings. The van der Waals surface area contributed by atoms with Gasteiger partial charge in [-0.3, -0.25) is 0 Å². The Morgan fingerprint density at radius 1 is 0.540 bits per heavy atom. The first-order valence-corrected chi connectivity index (χ1v) is 17.9. The molecule has 0 spiro atoms. The molecule has 0 fully saturated rings. The minimum atomic E-state index is -4.48. The van der Waals surface area contributed by atoms with E-state index in [9.17, 15) is 18.0 Å². The molecule has 0 heterocycles. The van der Waals surface area contributed by atoms with Crippen molar-refractivity contribution in [3.05, 3.63) is 59.7 Å². The van der Waals surface area contributed by atoms with Crippen molar-refractivity contribution >= 4 is 39.9 Å². The van der Waals surface area contributed by atoms with E-state index in [-0.39, 0.29) is 24.5 Å². The molecular weight excluding hydrogens is 782 g/mol. The normalized spacial score (nSPS) is 11.6. The number of ether oxygens (including phenoxy) is 10. The van der Waals surface area contributed by atoms with Gasteiger partial charge in [-0.1, -0.05) is 40.8 Å². The first kappa shape index (κ1) is 44.0. The molecule has 0 saturated heterocycles. The number of hydrogen-bond acceptors (Lipinski definition) is 12. The van der Waals surface area contributed by atoms with Gasteiger partial charge in [0.1, 0.15) is 6.61 Å². The van der Waals surface area contributed by atoms with Gasteiger partial charge in [-0.25, -0.2) is 4.79 Å². The molecule has 0 amide bonds. The van der Waals surface area contributed by atoms with Crippen LogP contribution in [-0.2, 0) is 53.5 Å². The topological polar surface area (TPSA) is 121 Å². The fourth-order valence-corrected chi connectivity index (χ4v) is 4.20. The van der Waals surface area contributed by atoms with Crippen molar-refractivity contribution in [2.75, 3.05) is 135 Å². The zero-order valence-corrected chi connectivity index (χ0v) is 30.4. The van der Waals surface area contributed by atoms with E-state index in [1.807, 2.05) is 0 Å². The number of hydrogen-bond donors (Lipinski definition) is 1. The fourth-order valence-electron chi connectivity index (χ4n) is 3.89. The maximum Gasteiger partial charge on any atom is 0.416 e. The van der Waals surface area contributed by atoms with Crippen molar-refractivity contribution < 1.29 is 65.3 Å². The number of para-hydroxylation sites is 1. The molecule has 0 aromatic heterocycles. The van der Waals surface area contributed by atoms with E-state index in [1.54, 1.807) is 18.2 Å². The van der Waals surface area contributed by atoms with E-state index in [4.69, 9.17) is 47.4 Å². The average Bonchev–Trinajstić information content (AvgIpc) is 3.11. The van der Waals surface area contributed by atoms with Crippen LogP contribution in [-0.4, -0.2) is 136 Å². The standard InChI is InChI=1S/C34H49F3INO11/c35-34(36,37)29-4-3-5-30(28-29)39-32-7-2-1-6-31(32)33(40)50-27-26-49-25-24-48-23-22-47-21-20-46-19-18-45-17-16-44-15-14-43-13-12-42-11-10-41-9-8-38/h1-7,28,39H,8-27H2. The van der Waals surface area contributed by atoms with E-state index in [0.717, 1.165) is 23.2 Å². The summed E-state index contributed by atoms with van der Waals surface area (Å²) < 4.78 is 94.2. The lowest BCUT2D eigenvalue weighted by molar-refractivity contribution is -0.137. The highest BCUT2D eigenvalue weighted by Gasteiger charge is 2.30. The monoisotopic (exact) mass is 831 g/mol. The lowest BCUT2D eigenvalue weighted by Gasteiger charge is -2.13. The predicted octanol–water partition coefficient (Wildman–Crippen LogP) is 5.19. The van der Waals surface area contributed by atoms with Crippen LogP contribution < -0.4 is 5.32 Å². The Morgan fingerprint density at radius 2 is 0.940 bits per heavy atom. The minimum absolute atomic E-state index is 0.00112. The predicted molar refractivity (Wildman–Crippen MR) is 188 cm³/mol. The lowest BCUT2D eigenvalue weighted by atomic mass is 10.1.